The normalized spacial score (nSPS) is 10.3. The van der Waals surface area contributed by atoms with E-state index in [0.717, 1.165) is 5.56 Å². The van der Waals surface area contributed by atoms with Crippen molar-refractivity contribution in [3.8, 4) is 11.3 Å². The van der Waals surface area contributed by atoms with E-state index < -0.39 is 0 Å². The van der Waals surface area contributed by atoms with Crippen molar-refractivity contribution in [1.82, 2.24) is 10.3 Å². The van der Waals surface area contributed by atoms with Crippen LogP contribution in [0.15, 0.2) is 53.9 Å². The molecule has 0 saturated heterocycles. The van der Waals surface area contributed by atoms with Crippen LogP contribution in [0.25, 0.3) is 11.3 Å². The number of rotatable bonds is 3. The fourth-order valence-corrected chi connectivity index (χ4v) is 3.52. The van der Waals surface area contributed by atoms with Gasteiger partial charge < -0.3 is 5.32 Å². The zero-order valence-corrected chi connectivity index (χ0v) is 15.8. The molecule has 2 N–H and O–H groups in total. The zero-order chi connectivity index (χ0) is 17.8. The summed E-state index contributed by atoms with van der Waals surface area (Å²) >= 11 is 18.6. The topological polar surface area (TPSA) is 54.0 Å². The highest BCUT2D eigenvalue weighted by Crippen LogP contribution is 2.32. The van der Waals surface area contributed by atoms with E-state index in [2.05, 4.69) is 15.6 Å². The molecule has 0 saturated carbocycles. The van der Waals surface area contributed by atoms with Gasteiger partial charge in [-0.25, -0.2) is 4.98 Å². The Bertz CT molecular complexity index is 929. The van der Waals surface area contributed by atoms with Crippen molar-refractivity contribution in [2.45, 2.75) is 0 Å². The maximum atomic E-state index is 12.1. The van der Waals surface area contributed by atoms with E-state index >= 15 is 0 Å². The summed E-state index contributed by atoms with van der Waals surface area (Å²) in [4.78, 5) is 16.5. The van der Waals surface area contributed by atoms with Crippen molar-refractivity contribution >= 4 is 62.9 Å². The molecule has 3 aromatic rings. The molecule has 126 valence electrons. The number of thiocarbonyl (C=S) groups is 1. The van der Waals surface area contributed by atoms with Gasteiger partial charge in [0.25, 0.3) is 5.91 Å². The SMILES string of the molecule is O=C(NC(=S)Nc1nc(-c2ccc(Cl)cc2Cl)cs1)c1ccccc1. The third-order valence-corrected chi connectivity index (χ3v) is 4.70. The van der Waals surface area contributed by atoms with Gasteiger partial charge in [-0.15, -0.1) is 11.3 Å². The first-order valence-electron chi connectivity index (χ1n) is 7.11. The predicted octanol–water partition coefficient (Wildman–Crippen LogP) is 5.24. The Balaban J connectivity index is 1.67. The van der Waals surface area contributed by atoms with E-state index in [9.17, 15) is 4.79 Å². The first kappa shape index (κ1) is 17.8. The van der Waals surface area contributed by atoms with E-state index in [4.69, 9.17) is 35.4 Å². The third-order valence-electron chi connectivity index (χ3n) is 3.19. The molecule has 0 aliphatic heterocycles. The molecule has 8 heteroatoms. The number of nitrogens with one attached hydrogen (secondary N) is 2. The van der Waals surface area contributed by atoms with Crippen molar-refractivity contribution in [1.29, 1.82) is 0 Å². The highest BCUT2D eigenvalue weighted by atomic mass is 35.5. The molecule has 0 radical (unpaired) electrons. The molecular formula is C17H11Cl2N3OS2. The molecule has 0 spiro atoms. The lowest BCUT2D eigenvalue weighted by molar-refractivity contribution is 0.0978. The molecule has 0 bridgehead atoms. The molecule has 1 amide bonds. The molecule has 0 unspecified atom stereocenters. The highest BCUT2D eigenvalue weighted by molar-refractivity contribution is 7.80. The highest BCUT2D eigenvalue weighted by Gasteiger charge is 2.11. The molecular weight excluding hydrogens is 397 g/mol. The minimum atomic E-state index is -0.282. The van der Waals surface area contributed by atoms with Crippen molar-refractivity contribution in [2.75, 3.05) is 5.32 Å². The number of aromatic nitrogens is 1. The average Bonchev–Trinajstić information content (AvgIpc) is 3.03. The van der Waals surface area contributed by atoms with Gasteiger partial charge in [0, 0.05) is 21.5 Å². The number of hydrogen-bond acceptors (Lipinski definition) is 4. The monoisotopic (exact) mass is 407 g/mol. The van der Waals surface area contributed by atoms with Crippen LogP contribution in [0.1, 0.15) is 10.4 Å². The minimum absolute atomic E-state index is 0.178. The number of carbonyl (C=O) groups excluding carboxylic acids is 1. The second-order valence-corrected chi connectivity index (χ2v) is 7.05. The lowest BCUT2D eigenvalue weighted by Gasteiger charge is -2.07. The quantitative estimate of drug-likeness (QED) is 0.582. The van der Waals surface area contributed by atoms with Gasteiger partial charge in [-0.1, -0.05) is 41.4 Å². The number of anilines is 1. The van der Waals surface area contributed by atoms with Crippen molar-refractivity contribution < 1.29 is 4.79 Å². The maximum absolute atomic E-state index is 12.1. The van der Waals surface area contributed by atoms with Gasteiger partial charge in [0.05, 0.1) is 10.7 Å². The van der Waals surface area contributed by atoms with Gasteiger partial charge >= 0.3 is 0 Å². The summed E-state index contributed by atoms with van der Waals surface area (Å²) in [5.74, 6) is -0.282. The predicted molar refractivity (Wildman–Crippen MR) is 108 cm³/mol. The van der Waals surface area contributed by atoms with Crippen LogP contribution in [-0.2, 0) is 0 Å². The van der Waals surface area contributed by atoms with E-state index in [0.29, 0.717) is 26.4 Å². The van der Waals surface area contributed by atoms with Crippen LogP contribution >= 0.6 is 46.8 Å². The lowest BCUT2D eigenvalue weighted by atomic mass is 10.2. The number of nitrogens with zero attached hydrogens (tertiary/aromatic N) is 1. The fraction of sp³-hybridized carbons (Fsp3) is 0. The second-order valence-electron chi connectivity index (χ2n) is 4.94. The smallest absolute Gasteiger partial charge is 0.257 e. The van der Waals surface area contributed by atoms with Crippen molar-refractivity contribution in [2.24, 2.45) is 0 Å². The molecule has 0 aliphatic rings. The maximum Gasteiger partial charge on any atom is 0.257 e. The van der Waals surface area contributed by atoms with Crippen LogP contribution < -0.4 is 10.6 Å². The zero-order valence-electron chi connectivity index (χ0n) is 12.6. The molecule has 1 aromatic heterocycles. The summed E-state index contributed by atoms with van der Waals surface area (Å²) in [6, 6.07) is 14.0. The van der Waals surface area contributed by atoms with Crippen molar-refractivity contribution in [3.05, 3.63) is 69.5 Å². The Hall–Kier alpha value is -1.99. The fourth-order valence-electron chi connectivity index (χ4n) is 2.05. The number of hydrogen-bond donors (Lipinski definition) is 2. The Kier molecular flexibility index (Phi) is 5.65. The first-order valence-corrected chi connectivity index (χ1v) is 9.15. The molecule has 4 nitrogen and oxygen atoms in total. The van der Waals surface area contributed by atoms with E-state index in [1.165, 1.54) is 11.3 Å². The second kappa shape index (κ2) is 7.93. The standard InChI is InChI=1S/C17H11Cl2N3OS2/c18-11-6-7-12(13(19)8-11)14-9-25-17(20-14)22-16(24)21-15(23)10-4-2-1-3-5-10/h1-9H,(H2,20,21,22,23,24). The van der Waals surface area contributed by atoms with Gasteiger partial charge in [-0.3, -0.25) is 10.1 Å². The van der Waals surface area contributed by atoms with Crippen LogP contribution in [0.3, 0.4) is 0 Å². The Morgan fingerprint density at radius 3 is 2.60 bits per heavy atom. The molecule has 0 aliphatic carbocycles. The number of halogens is 2. The van der Waals surface area contributed by atoms with Gasteiger partial charge in [-0.2, -0.15) is 0 Å². The van der Waals surface area contributed by atoms with E-state index in [1.807, 2.05) is 11.4 Å². The summed E-state index contributed by atoms with van der Waals surface area (Å²) in [6.07, 6.45) is 0. The Morgan fingerprint density at radius 1 is 1.12 bits per heavy atom. The largest absolute Gasteiger partial charge is 0.308 e. The van der Waals surface area contributed by atoms with Crippen LogP contribution in [0.5, 0.6) is 0 Å². The van der Waals surface area contributed by atoms with Crippen molar-refractivity contribution in [3.63, 3.8) is 0 Å². The molecule has 3 rings (SSSR count). The van der Waals surface area contributed by atoms with E-state index in [-0.39, 0.29) is 11.0 Å². The summed E-state index contributed by atoms with van der Waals surface area (Å²) in [6.45, 7) is 0. The number of benzene rings is 2. The Labute approximate surface area is 163 Å². The minimum Gasteiger partial charge on any atom is -0.308 e. The third kappa shape index (κ3) is 4.55. The van der Waals surface area contributed by atoms with Crippen LogP contribution in [0.2, 0.25) is 10.0 Å². The summed E-state index contributed by atoms with van der Waals surface area (Å²) < 4.78 is 0. The number of amides is 1. The van der Waals surface area contributed by atoms with Crippen LogP contribution in [0, 0.1) is 0 Å². The molecule has 0 fully saturated rings. The first-order chi connectivity index (χ1) is 12.0. The van der Waals surface area contributed by atoms with Gasteiger partial charge in [0.2, 0.25) is 0 Å². The number of carbonyl (C=O) groups is 1. The van der Waals surface area contributed by atoms with E-state index in [1.54, 1.807) is 42.5 Å². The van der Waals surface area contributed by atoms with Gasteiger partial charge in [-0.05, 0) is 42.5 Å². The molecule has 25 heavy (non-hydrogen) atoms. The van der Waals surface area contributed by atoms with Gasteiger partial charge in [0.15, 0.2) is 10.2 Å². The van der Waals surface area contributed by atoms with Gasteiger partial charge in [0.1, 0.15) is 0 Å². The molecule has 1 heterocycles. The number of thiazole rings is 1. The molecule has 0 atom stereocenters. The van der Waals surface area contributed by atoms with Crippen LogP contribution in [0.4, 0.5) is 5.13 Å². The molecule has 2 aromatic carbocycles. The summed E-state index contributed by atoms with van der Waals surface area (Å²) in [5.41, 5.74) is 2.00. The van der Waals surface area contributed by atoms with Crippen LogP contribution in [-0.4, -0.2) is 16.0 Å². The summed E-state index contributed by atoms with van der Waals surface area (Å²) in [5, 5.41) is 9.18. The summed E-state index contributed by atoms with van der Waals surface area (Å²) in [7, 11) is 0. The average molecular weight is 408 g/mol. The lowest BCUT2D eigenvalue weighted by Crippen LogP contribution is -2.34. The Morgan fingerprint density at radius 2 is 1.88 bits per heavy atom.